The molecule has 4 nitrogen and oxygen atoms in total. The molecule has 1 rings (SSSR count). The highest BCUT2D eigenvalue weighted by atomic mass is 19.4. The van der Waals surface area contributed by atoms with Crippen LogP contribution in [0.3, 0.4) is 0 Å². The minimum atomic E-state index is -5.14. The molecule has 0 radical (unpaired) electrons. The number of rotatable bonds is 4. The summed E-state index contributed by atoms with van der Waals surface area (Å²) in [6.07, 6.45) is -10.1. The molecule has 0 heterocycles. The van der Waals surface area contributed by atoms with Crippen molar-refractivity contribution in [3.05, 3.63) is 35.4 Å². The zero-order chi connectivity index (χ0) is 17.8. The lowest BCUT2D eigenvalue weighted by molar-refractivity contribution is -0.160. The molecule has 130 valence electrons. The number of hydrogen-bond donors (Lipinski definition) is 3. The van der Waals surface area contributed by atoms with Crippen LogP contribution in [0.1, 0.15) is 24.1 Å². The van der Waals surface area contributed by atoms with Gasteiger partial charge in [0.2, 0.25) is 0 Å². The van der Waals surface area contributed by atoms with E-state index in [9.17, 15) is 31.1 Å². The molecule has 0 bridgehead atoms. The number of nitrogens with one attached hydrogen (secondary N) is 2. The Hall–Kier alpha value is -1.97. The third kappa shape index (κ3) is 5.31. The van der Waals surface area contributed by atoms with Crippen LogP contribution in [0.5, 0.6) is 0 Å². The maximum absolute atomic E-state index is 13.1. The van der Waals surface area contributed by atoms with Gasteiger partial charge in [-0.1, -0.05) is 18.2 Å². The van der Waals surface area contributed by atoms with Crippen LogP contribution in [-0.4, -0.2) is 30.0 Å². The molecule has 10 heteroatoms. The summed E-state index contributed by atoms with van der Waals surface area (Å²) in [6.45, 7) is 0.773. The first-order chi connectivity index (χ1) is 10.5. The number of urea groups is 1. The van der Waals surface area contributed by atoms with Crippen molar-refractivity contribution in [3.8, 4) is 0 Å². The molecule has 0 fully saturated rings. The lowest BCUT2D eigenvalue weighted by Crippen LogP contribution is -2.47. The van der Waals surface area contributed by atoms with Gasteiger partial charge in [0.25, 0.3) is 0 Å². The average molecular weight is 344 g/mol. The van der Waals surface area contributed by atoms with Crippen LogP contribution in [0.2, 0.25) is 0 Å². The number of halogens is 6. The quantitative estimate of drug-likeness (QED) is 0.736. The van der Waals surface area contributed by atoms with Crippen molar-refractivity contribution in [2.45, 2.75) is 31.4 Å². The number of alkyl halides is 6. The molecule has 23 heavy (non-hydrogen) atoms. The second-order valence-corrected chi connectivity index (χ2v) is 4.76. The van der Waals surface area contributed by atoms with Crippen molar-refractivity contribution in [1.82, 2.24) is 10.6 Å². The number of aliphatic hydroxyl groups is 1. The van der Waals surface area contributed by atoms with Crippen molar-refractivity contribution < 1.29 is 36.2 Å². The molecule has 2 amide bonds. The van der Waals surface area contributed by atoms with Gasteiger partial charge < -0.3 is 15.7 Å². The third-order valence-corrected chi connectivity index (χ3v) is 2.83. The van der Waals surface area contributed by atoms with Crippen molar-refractivity contribution in [2.24, 2.45) is 0 Å². The van der Waals surface area contributed by atoms with Crippen molar-refractivity contribution >= 4 is 6.03 Å². The zero-order valence-electron chi connectivity index (χ0n) is 11.8. The normalized spacial score (nSPS) is 15.0. The van der Waals surface area contributed by atoms with Gasteiger partial charge >= 0.3 is 18.4 Å². The van der Waals surface area contributed by atoms with Gasteiger partial charge in [0.05, 0.1) is 18.2 Å². The monoisotopic (exact) mass is 344 g/mol. The van der Waals surface area contributed by atoms with E-state index in [1.807, 2.05) is 5.32 Å². The first-order valence-electron chi connectivity index (χ1n) is 6.37. The molecule has 0 unspecified atom stereocenters. The van der Waals surface area contributed by atoms with Crippen molar-refractivity contribution in [2.75, 3.05) is 6.61 Å². The van der Waals surface area contributed by atoms with E-state index >= 15 is 0 Å². The Morgan fingerprint density at radius 2 is 1.70 bits per heavy atom. The van der Waals surface area contributed by atoms with Gasteiger partial charge in [-0.25, -0.2) is 4.79 Å². The average Bonchev–Trinajstić information content (AvgIpc) is 2.42. The van der Waals surface area contributed by atoms with E-state index in [0.29, 0.717) is 12.1 Å². The summed E-state index contributed by atoms with van der Waals surface area (Å²) in [7, 11) is 0. The van der Waals surface area contributed by atoms with Crippen molar-refractivity contribution in [1.29, 1.82) is 0 Å². The predicted molar refractivity (Wildman–Crippen MR) is 68.5 cm³/mol. The number of carbonyl (C=O) groups excluding carboxylic acids is 1. The van der Waals surface area contributed by atoms with Crippen LogP contribution < -0.4 is 10.6 Å². The van der Waals surface area contributed by atoms with Gasteiger partial charge in [-0.3, -0.25) is 0 Å². The van der Waals surface area contributed by atoms with E-state index in [4.69, 9.17) is 5.11 Å². The lowest BCUT2D eigenvalue weighted by Gasteiger charge is -2.25. The summed E-state index contributed by atoms with van der Waals surface area (Å²) in [6, 6.07) is -1.92. The number of aliphatic hydroxyl groups excluding tert-OH is 1. The van der Waals surface area contributed by atoms with Gasteiger partial charge in [-0.05, 0) is 18.6 Å². The topological polar surface area (TPSA) is 61.4 Å². The number of amides is 2. The maximum Gasteiger partial charge on any atom is 0.416 e. The second-order valence-electron chi connectivity index (χ2n) is 4.76. The minimum Gasteiger partial charge on any atom is -0.394 e. The Morgan fingerprint density at radius 1 is 1.13 bits per heavy atom. The fourth-order valence-electron chi connectivity index (χ4n) is 1.78. The fraction of sp³-hybridized carbons (Fsp3) is 0.462. The highest BCUT2D eigenvalue weighted by molar-refractivity contribution is 5.75. The van der Waals surface area contributed by atoms with Gasteiger partial charge in [0, 0.05) is 0 Å². The Labute approximate surface area is 127 Å². The van der Waals surface area contributed by atoms with Crippen LogP contribution in [0.25, 0.3) is 0 Å². The molecule has 0 spiro atoms. The first kappa shape index (κ1) is 19.1. The van der Waals surface area contributed by atoms with Gasteiger partial charge in [-0.15, -0.1) is 0 Å². The fourth-order valence-corrected chi connectivity index (χ4v) is 1.78. The zero-order valence-corrected chi connectivity index (χ0v) is 11.8. The molecule has 0 saturated heterocycles. The number of benzene rings is 1. The molecule has 3 N–H and O–H groups in total. The first-order valence-corrected chi connectivity index (χ1v) is 6.37. The van der Waals surface area contributed by atoms with E-state index < -0.39 is 48.2 Å². The summed E-state index contributed by atoms with van der Waals surface area (Å²) in [5.74, 6) is 0. The maximum atomic E-state index is 13.1. The number of hydrogen-bond acceptors (Lipinski definition) is 2. The minimum absolute atomic E-state index is 0.504. The Bertz CT molecular complexity index is 544. The SMILES string of the molecule is C[C@@H](CO)NC(=O)N[C@@H](c1ccccc1C(F)(F)F)C(F)(F)F. The van der Waals surface area contributed by atoms with Crippen LogP contribution in [0.4, 0.5) is 31.1 Å². The molecule has 0 aliphatic carbocycles. The van der Waals surface area contributed by atoms with Crippen LogP contribution >= 0.6 is 0 Å². The van der Waals surface area contributed by atoms with E-state index in [0.717, 1.165) is 12.1 Å². The van der Waals surface area contributed by atoms with Gasteiger partial charge in [-0.2, -0.15) is 26.3 Å². The Morgan fingerprint density at radius 3 is 2.17 bits per heavy atom. The smallest absolute Gasteiger partial charge is 0.394 e. The molecule has 0 aliphatic rings. The molecular weight excluding hydrogens is 330 g/mol. The highest BCUT2D eigenvalue weighted by Gasteiger charge is 2.46. The van der Waals surface area contributed by atoms with Crippen LogP contribution in [0, 0.1) is 0 Å². The second kappa shape index (κ2) is 7.07. The summed E-state index contributed by atoms with van der Waals surface area (Å²) in [5, 5.41) is 12.2. The third-order valence-electron chi connectivity index (χ3n) is 2.83. The Kier molecular flexibility index (Phi) is 5.86. The summed E-state index contributed by atoms with van der Waals surface area (Å²) in [4.78, 5) is 11.5. The molecule has 0 aromatic heterocycles. The highest BCUT2D eigenvalue weighted by Crippen LogP contribution is 2.40. The lowest BCUT2D eigenvalue weighted by atomic mass is 9.99. The van der Waals surface area contributed by atoms with Crippen LogP contribution in [0.15, 0.2) is 24.3 Å². The van der Waals surface area contributed by atoms with E-state index in [-0.39, 0.29) is 0 Å². The Balaban J connectivity index is 3.17. The molecule has 1 aromatic rings. The van der Waals surface area contributed by atoms with Gasteiger partial charge in [0.1, 0.15) is 0 Å². The van der Waals surface area contributed by atoms with Crippen LogP contribution in [-0.2, 0) is 6.18 Å². The van der Waals surface area contributed by atoms with Crippen molar-refractivity contribution in [3.63, 3.8) is 0 Å². The standard InChI is InChI=1S/C13H14F6N2O2/c1-7(6-22)20-11(23)21-10(13(17,18)19)8-4-2-3-5-9(8)12(14,15)16/h2-5,7,10,22H,6H2,1H3,(H2,20,21,23)/t7-,10-/m0/s1. The summed E-state index contributed by atoms with van der Waals surface area (Å²) >= 11 is 0. The predicted octanol–water partition coefficient (Wildman–Crippen LogP) is 2.99. The van der Waals surface area contributed by atoms with E-state index in [1.165, 1.54) is 12.2 Å². The van der Waals surface area contributed by atoms with E-state index in [2.05, 4.69) is 0 Å². The van der Waals surface area contributed by atoms with Gasteiger partial charge in [0.15, 0.2) is 6.04 Å². The molecule has 0 saturated carbocycles. The molecule has 0 aliphatic heterocycles. The largest absolute Gasteiger partial charge is 0.416 e. The number of carbonyl (C=O) groups is 1. The molecular formula is C13H14F6N2O2. The summed E-state index contributed by atoms with van der Waals surface area (Å²) in [5.41, 5.74) is -2.60. The summed E-state index contributed by atoms with van der Waals surface area (Å²) < 4.78 is 77.9. The van der Waals surface area contributed by atoms with E-state index in [1.54, 1.807) is 0 Å². The molecule has 2 atom stereocenters. The molecule has 1 aromatic carbocycles.